The summed E-state index contributed by atoms with van der Waals surface area (Å²) < 4.78 is 0. The minimum atomic E-state index is 0.0957. The molecule has 3 nitrogen and oxygen atoms in total. The van der Waals surface area contributed by atoms with Gasteiger partial charge in [-0.25, -0.2) is 4.99 Å². The summed E-state index contributed by atoms with van der Waals surface area (Å²) in [5.41, 5.74) is 3.36. The zero-order chi connectivity index (χ0) is 22.0. The summed E-state index contributed by atoms with van der Waals surface area (Å²) in [4.78, 5) is 21.2. The summed E-state index contributed by atoms with van der Waals surface area (Å²) in [6, 6.07) is 18.7. The Balaban J connectivity index is 1.68. The van der Waals surface area contributed by atoms with E-state index in [2.05, 4.69) is 52.0 Å². The zero-order valence-electron chi connectivity index (χ0n) is 19.0. The number of carbonyl (C=O) groups excluding carboxylic acids is 1. The number of amides is 1. The van der Waals surface area contributed by atoms with E-state index in [4.69, 9.17) is 4.99 Å². The molecule has 162 valence electrons. The van der Waals surface area contributed by atoms with Crippen LogP contribution < -0.4 is 0 Å². The monoisotopic (exact) mass is 432 g/mol. The Bertz CT molecular complexity index is 986. The smallest absolute Gasteiger partial charge is 0.267 e. The molecular weight excluding hydrogens is 400 g/mol. The number of para-hydroxylation sites is 1. The maximum Gasteiger partial charge on any atom is 0.267 e. The lowest BCUT2D eigenvalue weighted by Crippen LogP contribution is -2.44. The van der Waals surface area contributed by atoms with E-state index in [1.807, 2.05) is 41.3 Å². The Morgan fingerprint density at radius 3 is 2.32 bits per heavy atom. The van der Waals surface area contributed by atoms with Gasteiger partial charge in [0.05, 0.1) is 10.6 Å². The molecule has 1 amide bonds. The summed E-state index contributed by atoms with van der Waals surface area (Å²) in [6.45, 7) is 8.92. The van der Waals surface area contributed by atoms with Crippen LogP contribution in [0.3, 0.4) is 0 Å². The van der Waals surface area contributed by atoms with E-state index in [0.717, 1.165) is 27.7 Å². The van der Waals surface area contributed by atoms with Crippen LogP contribution in [0.25, 0.3) is 6.08 Å². The zero-order valence-corrected chi connectivity index (χ0v) is 19.8. The number of nitrogens with zero attached hydrogens (tertiary/aromatic N) is 2. The first kappa shape index (κ1) is 21.9. The topological polar surface area (TPSA) is 32.7 Å². The van der Waals surface area contributed by atoms with Crippen LogP contribution in [0.1, 0.15) is 64.5 Å². The fraction of sp³-hybridized carbons (Fsp3) is 0.407. The lowest BCUT2D eigenvalue weighted by molar-refractivity contribution is -0.124. The molecule has 0 radical (unpaired) electrons. The molecule has 0 N–H and O–H groups in total. The fourth-order valence-corrected chi connectivity index (χ4v) is 5.43. The second-order valence-corrected chi connectivity index (χ2v) is 10.7. The Morgan fingerprint density at radius 2 is 1.68 bits per heavy atom. The highest BCUT2D eigenvalue weighted by molar-refractivity contribution is 8.18. The summed E-state index contributed by atoms with van der Waals surface area (Å²) in [5, 5.41) is 0.813. The third-order valence-electron chi connectivity index (χ3n) is 6.29. The minimum Gasteiger partial charge on any atom is -0.283 e. The predicted molar refractivity (Wildman–Crippen MR) is 133 cm³/mol. The van der Waals surface area contributed by atoms with E-state index in [0.29, 0.717) is 5.92 Å². The largest absolute Gasteiger partial charge is 0.283 e. The first-order chi connectivity index (χ1) is 14.8. The molecule has 1 saturated heterocycles. The van der Waals surface area contributed by atoms with Crippen LogP contribution in [0.4, 0.5) is 5.69 Å². The molecule has 2 aliphatic rings. The summed E-state index contributed by atoms with van der Waals surface area (Å²) in [5.74, 6) is 0.586. The van der Waals surface area contributed by atoms with Crippen molar-refractivity contribution in [2.45, 2.75) is 64.8 Å². The van der Waals surface area contributed by atoms with Crippen molar-refractivity contribution < 1.29 is 4.79 Å². The highest BCUT2D eigenvalue weighted by Crippen LogP contribution is 2.40. The average Bonchev–Trinajstić information content (AvgIpc) is 3.03. The molecule has 2 aromatic carbocycles. The van der Waals surface area contributed by atoms with Crippen LogP contribution in [0.2, 0.25) is 0 Å². The van der Waals surface area contributed by atoms with Gasteiger partial charge in [0.25, 0.3) is 5.91 Å². The number of carbonyl (C=O) groups is 1. The van der Waals surface area contributed by atoms with E-state index in [-0.39, 0.29) is 17.4 Å². The molecule has 4 heteroatoms. The number of amidine groups is 1. The molecule has 0 unspecified atom stereocenters. The molecule has 31 heavy (non-hydrogen) atoms. The third-order valence-corrected chi connectivity index (χ3v) is 7.27. The second-order valence-electron chi connectivity index (χ2n) is 9.72. The van der Waals surface area contributed by atoms with Crippen LogP contribution in [0.15, 0.2) is 64.5 Å². The average molecular weight is 433 g/mol. The van der Waals surface area contributed by atoms with E-state index in [1.54, 1.807) is 0 Å². The third kappa shape index (κ3) is 4.95. The molecule has 1 aliphatic heterocycles. The van der Waals surface area contributed by atoms with Gasteiger partial charge in [0.15, 0.2) is 5.17 Å². The maximum absolute atomic E-state index is 13.5. The highest BCUT2D eigenvalue weighted by atomic mass is 32.2. The van der Waals surface area contributed by atoms with Crippen LogP contribution in [-0.2, 0) is 10.2 Å². The van der Waals surface area contributed by atoms with Crippen molar-refractivity contribution in [3.05, 3.63) is 70.6 Å². The molecule has 1 saturated carbocycles. The van der Waals surface area contributed by atoms with Crippen molar-refractivity contribution in [2.24, 2.45) is 10.9 Å². The summed E-state index contributed by atoms with van der Waals surface area (Å²) in [7, 11) is 0. The summed E-state index contributed by atoms with van der Waals surface area (Å²) in [6.07, 6.45) is 6.67. The van der Waals surface area contributed by atoms with Gasteiger partial charge in [-0.05, 0) is 65.3 Å². The molecule has 0 aromatic heterocycles. The van der Waals surface area contributed by atoms with Crippen LogP contribution in [0, 0.1) is 5.92 Å². The van der Waals surface area contributed by atoms with Gasteiger partial charge < -0.3 is 0 Å². The molecule has 0 spiro atoms. The van der Waals surface area contributed by atoms with Crippen molar-refractivity contribution in [1.29, 1.82) is 0 Å². The number of hydrogen-bond donors (Lipinski definition) is 0. The van der Waals surface area contributed by atoms with Crippen LogP contribution in [0.5, 0.6) is 0 Å². The van der Waals surface area contributed by atoms with Gasteiger partial charge in [-0.1, -0.05) is 83.0 Å². The van der Waals surface area contributed by atoms with Crippen molar-refractivity contribution in [3.8, 4) is 0 Å². The van der Waals surface area contributed by atoms with Gasteiger partial charge in [-0.3, -0.25) is 9.69 Å². The van der Waals surface area contributed by atoms with Gasteiger partial charge in [-0.2, -0.15) is 0 Å². The standard InChI is InChI=1S/C27H32N2OS/c1-19-10-8-9-13-23(19)29-25(30)24(31-26(29)28-22-11-6-5-7-12-22)18-20-14-16-21(17-15-20)27(2,3)4/h5-7,11-12,14-19,23H,8-10,13H2,1-4H3/b24-18-,28-26?/t19-,23+/m0/s1. The van der Waals surface area contributed by atoms with Gasteiger partial charge in [0.2, 0.25) is 0 Å². The van der Waals surface area contributed by atoms with Gasteiger partial charge in [-0.15, -0.1) is 0 Å². The first-order valence-electron chi connectivity index (χ1n) is 11.3. The van der Waals surface area contributed by atoms with E-state index in [9.17, 15) is 4.79 Å². The van der Waals surface area contributed by atoms with E-state index >= 15 is 0 Å². The van der Waals surface area contributed by atoms with Crippen molar-refractivity contribution in [2.75, 3.05) is 0 Å². The van der Waals surface area contributed by atoms with Crippen molar-refractivity contribution in [1.82, 2.24) is 4.90 Å². The number of rotatable bonds is 3. The molecule has 2 fully saturated rings. The Kier molecular flexibility index (Phi) is 6.38. The molecule has 1 aliphatic carbocycles. The SMILES string of the molecule is C[C@H]1CCCC[C@H]1N1C(=O)/C(=C/c2ccc(C(C)(C)C)cc2)SC1=Nc1ccccc1. The molecule has 4 rings (SSSR count). The second kappa shape index (κ2) is 9.04. The summed E-state index contributed by atoms with van der Waals surface area (Å²) >= 11 is 1.51. The lowest BCUT2D eigenvalue weighted by Gasteiger charge is -2.35. The Labute approximate surface area is 190 Å². The van der Waals surface area contributed by atoms with E-state index < -0.39 is 0 Å². The minimum absolute atomic E-state index is 0.0957. The molecule has 0 bridgehead atoms. The number of aliphatic imine (C=N–C) groups is 1. The first-order valence-corrected chi connectivity index (χ1v) is 12.1. The Morgan fingerprint density at radius 1 is 1.00 bits per heavy atom. The fourth-order valence-electron chi connectivity index (χ4n) is 4.38. The van der Waals surface area contributed by atoms with Crippen molar-refractivity contribution in [3.63, 3.8) is 0 Å². The molecular formula is C27H32N2OS. The Hall–Kier alpha value is -2.33. The van der Waals surface area contributed by atoms with Crippen LogP contribution in [-0.4, -0.2) is 22.0 Å². The van der Waals surface area contributed by atoms with Crippen LogP contribution >= 0.6 is 11.8 Å². The maximum atomic E-state index is 13.5. The van der Waals surface area contributed by atoms with Crippen molar-refractivity contribution >= 4 is 34.6 Å². The quantitative estimate of drug-likeness (QED) is 0.482. The normalized spacial score (nSPS) is 24.9. The molecule has 2 aromatic rings. The molecule has 2 atom stereocenters. The number of benzene rings is 2. The predicted octanol–water partition coefficient (Wildman–Crippen LogP) is 7.17. The highest BCUT2D eigenvalue weighted by Gasteiger charge is 2.41. The number of thioether (sulfide) groups is 1. The van der Waals surface area contributed by atoms with Gasteiger partial charge >= 0.3 is 0 Å². The lowest BCUT2D eigenvalue weighted by atomic mass is 9.85. The molecule has 1 heterocycles. The van der Waals surface area contributed by atoms with Gasteiger partial charge in [0, 0.05) is 6.04 Å². The number of hydrogen-bond acceptors (Lipinski definition) is 3. The van der Waals surface area contributed by atoms with Gasteiger partial charge in [0.1, 0.15) is 0 Å². The van der Waals surface area contributed by atoms with E-state index in [1.165, 1.54) is 36.6 Å².